The summed E-state index contributed by atoms with van der Waals surface area (Å²) < 4.78 is 13.0. The summed E-state index contributed by atoms with van der Waals surface area (Å²) in [6.07, 6.45) is 3.05. The van der Waals surface area contributed by atoms with Crippen molar-refractivity contribution >= 4 is 5.91 Å². The molecule has 2 N–H and O–H groups in total. The molecule has 2 aliphatic heterocycles. The van der Waals surface area contributed by atoms with Crippen LogP contribution >= 0.6 is 0 Å². The van der Waals surface area contributed by atoms with E-state index in [0.717, 1.165) is 44.3 Å². The normalized spacial score (nSPS) is 24.4. The molecule has 1 aromatic carbocycles. The fourth-order valence-electron chi connectivity index (χ4n) is 3.69. The molecule has 2 fully saturated rings. The highest BCUT2D eigenvalue weighted by Crippen LogP contribution is 2.31. The third-order valence-corrected chi connectivity index (χ3v) is 5.16. The average Bonchev–Trinajstić information content (AvgIpc) is 2.62. The van der Waals surface area contributed by atoms with E-state index < -0.39 is 6.10 Å². The molecule has 2 heterocycles. The Balaban J connectivity index is 1.53. The molecule has 0 bridgehead atoms. The van der Waals surface area contributed by atoms with Gasteiger partial charge in [-0.05, 0) is 55.8 Å². The van der Waals surface area contributed by atoms with Crippen LogP contribution in [0.1, 0.15) is 37.4 Å². The molecule has 23 heavy (non-hydrogen) atoms. The number of rotatable bonds is 3. The number of hydrogen-bond donors (Lipinski definition) is 2. The number of aliphatic hydroxyl groups is 1. The Kier molecular flexibility index (Phi) is 5.28. The molecule has 126 valence electrons. The van der Waals surface area contributed by atoms with Crippen LogP contribution in [0, 0.1) is 17.7 Å². The predicted octanol–water partition coefficient (Wildman–Crippen LogP) is 2.10. The number of piperidine rings is 2. The van der Waals surface area contributed by atoms with E-state index in [4.69, 9.17) is 0 Å². The fraction of sp³-hybridized carbons (Fsp3) is 0.611. The summed E-state index contributed by atoms with van der Waals surface area (Å²) in [4.78, 5) is 14.5. The number of benzene rings is 1. The molecule has 0 unspecified atom stereocenters. The van der Waals surface area contributed by atoms with Gasteiger partial charge in [0, 0.05) is 19.6 Å². The zero-order chi connectivity index (χ0) is 16.2. The van der Waals surface area contributed by atoms with Gasteiger partial charge in [-0.25, -0.2) is 4.39 Å². The Morgan fingerprint density at radius 3 is 2.52 bits per heavy atom. The van der Waals surface area contributed by atoms with Crippen LogP contribution in [-0.2, 0) is 4.79 Å². The minimum absolute atomic E-state index is 0.113. The Morgan fingerprint density at radius 2 is 1.91 bits per heavy atom. The van der Waals surface area contributed by atoms with Crippen LogP contribution in [0.3, 0.4) is 0 Å². The lowest BCUT2D eigenvalue weighted by Crippen LogP contribution is -2.46. The molecule has 0 saturated carbocycles. The number of carbonyl (C=O) groups excluding carboxylic acids is 1. The molecular weight excluding hydrogens is 295 g/mol. The topological polar surface area (TPSA) is 52.6 Å². The maximum Gasteiger partial charge on any atom is 0.226 e. The van der Waals surface area contributed by atoms with E-state index in [2.05, 4.69) is 5.32 Å². The van der Waals surface area contributed by atoms with Gasteiger partial charge in [-0.2, -0.15) is 0 Å². The SMILES string of the molecule is O=C([C@H]1CCCNC1)N1CCC([C@H](O)c2ccc(F)cc2)CC1. The van der Waals surface area contributed by atoms with Crippen molar-refractivity contribution in [2.45, 2.75) is 31.8 Å². The molecule has 0 aliphatic carbocycles. The van der Waals surface area contributed by atoms with Crippen LogP contribution in [0.15, 0.2) is 24.3 Å². The summed E-state index contributed by atoms with van der Waals surface area (Å²) in [6, 6.07) is 6.05. The van der Waals surface area contributed by atoms with Crippen LogP contribution in [0.5, 0.6) is 0 Å². The van der Waals surface area contributed by atoms with Gasteiger partial charge in [-0.15, -0.1) is 0 Å². The van der Waals surface area contributed by atoms with Gasteiger partial charge in [0.1, 0.15) is 5.82 Å². The van der Waals surface area contributed by atoms with Crippen LogP contribution < -0.4 is 5.32 Å². The van der Waals surface area contributed by atoms with Crippen molar-refractivity contribution in [1.29, 1.82) is 0 Å². The van der Waals surface area contributed by atoms with Gasteiger partial charge in [0.05, 0.1) is 12.0 Å². The largest absolute Gasteiger partial charge is 0.388 e. The van der Waals surface area contributed by atoms with E-state index in [1.54, 1.807) is 12.1 Å². The Labute approximate surface area is 136 Å². The van der Waals surface area contributed by atoms with Crippen molar-refractivity contribution in [1.82, 2.24) is 10.2 Å². The quantitative estimate of drug-likeness (QED) is 0.897. The number of nitrogens with one attached hydrogen (secondary N) is 1. The highest BCUT2D eigenvalue weighted by Gasteiger charge is 2.31. The van der Waals surface area contributed by atoms with Gasteiger partial charge in [0.2, 0.25) is 5.91 Å². The van der Waals surface area contributed by atoms with E-state index in [1.165, 1.54) is 12.1 Å². The number of carbonyl (C=O) groups is 1. The van der Waals surface area contributed by atoms with Crippen LogP contribution in [0.4, 0.5) is 4.39 Å². The van der Waals surface area contributed by atoms with Gasteiger partial charge in [-0.1, -0.05) is 12.1 Å². The molecule has 0 aromatic heterocycles. The molecule has 3 rings (SSSR count). The van der Waals surface area contributed by atoms with Crippen molar-refractivity contribution in [3.05, 3.63) is 35.6 Å². The molecule has 2 saturated heterocycles. The lowest BCUT2D eigenvalue weighted by molar-refractivity contribution is -0.138. The molecule has 2 atom stereocenters. The summed E-state index contributed by atoms with van der Waals surface area (Å²) in [7, 11) is 0. The van der Waals surface area contributed by atoms with Crippen molar-refractivity contribution in [3.8, 4) is 0 Å². The first-order chi connectivity index (χ1) is 11.1. The van der Waals surface area contributed by atoms with Gasteiger partial charge in [0.15, 0.2) is 0 Å². The molecule has 0 spiro atoms. The number of aliphatic hydroxyl groups excluding tert-OH is 1. The van der Waals surface area contributed by atoms with Crippen LogP contribution in [-0.4, -0.2) is 42.1 Å². The van der Waals surface area contributed by atoms with E-state index in [0.29, 0.717) is 13.1 Å². The van der Waals surface area contributed by atoms with E-state index >= 15 is 0 Å². The zero-order valence-corrected chi connectivity index (χ0v) is 13.4. The van der Waals surface area contributed by atoms with Crippen molar-refractivity contribution in [3.63, 3.8) is 0 Å². The highest BCUT2D eigenvalue weighted by atomic mass is 19.1. The standard InChI is InChI=1S/C18H25FN2O2/c19-16-5-3-13(4-6-16)17(22)14-7-10-21(11-8-14)18(23)15-2-1-9-20-12-15/h3-6,14-15,17,20,22H,1-2,7-12H2/t15-,17+/m0/s1. The molecule has 1 amide bonds. The smallest absolute Gasteiger partial charge is 0.226 e. The first-order valence-corrected chi connectivity index (χ1v) is 8.58. The van der Waals surface area contributed by atoms with Crippen LogP contribution in [0.2, 0.25) is 0 Å². The van der Waals surface area contributed by atoms with Gasteiger partial charge < -0.3 is 15.3 Å². The number of likely N-dealkylation sites (tertiary alicyclic amines) is 1. The first kappa shape index (κ1) is 16.4. The summed E-state index contributed by atoms with van der Waals surface area (Å²) in [5.74, 6) is 0.214. The fourth-order valence-corrected chi connectivity index (χ4v) is 3.69. The summed E-state index contributed by atoms with van der Waals surface area (Å²) >= 11 is 0. The molecule has 4 nitrogen and oxygen atoms in total. The minimum Gasteiger partial charge on any atom is -0.388 e. The molecule has 0 radical (unpaired) electrons. The summed E-state index contributed by atoms with van der Waals surface area (Å²) in [5.41, 5.74) is 0.757. The first-order valence-electron chi connectivity index (χ1n) is 8.58. The monoisotopic (exact) mass is 320 g/mol. The maximum atomic E-state index is 13.0. The highest BCUT2D eigenvalue weighted by molar-refractivity contribution is 5.79. The third-order valence-electron chi connectivity index (χ3n) is 5.16. The number of halogens is 1. The van der Waals surface area contributed by atoms with E-state index in [-0.39, 0.29) is 23.6 Å². The number of nitrogens with zero attached hydrogens (tertiary/aromatic N) is 1. The second-order valence-electron chi connectivity index (χ2n) is 6.70. The Hall–Kier alpha value is -1.46. The predicted molar refractivity (Wildman–Crippen MR) is 86.3 cm³/mol. The average molecular weight is 320 g/mol. The minimum atomic E-state index is -0.579. The second kappa shape index (κ2) is 7.41. The van der Waals surface area contributed by atoms with E-state index in [1.807, 2.05) is 4.90 Å². The second-order valence-corrected chi connectivity index (χ2v) is 6.70. The zero-order valence-electron chi connectivity index (χ0n) is 13.4. The van der Waals surface area contributed by atoms with Crippen molar-refractivity contribution in [2.24, 2.45) is 11.8 Å². The van der Waals surface area contributed by atoms with Gasteiger partial charge >= 0.3 is 0 Å². The summed E-state index contributed by atoms with van der Waals surface area (Å²) in [6.45, 7) is 3.21. The third kappa shape index (κ3) is 3.90. The Bertz CT molecular complexity index is 520. The van der Waals surface area contributed by atoms with Crippen molar-refractivity contribution in [2.75, 3.05) is 26.2 Å². The maximum absolute atomic E-state index is 13.0. The van der Waals surface area contributed by atoms with Crippen LogP contribution in [0.25, 0.3) is 0 Å². The molecular formula is C18H25FN2O2. The van der Waals surface area contributed by atoms with E-state index in [9.17, 15) is 14.3 Å². The Morgan fingerprint density at radius 1 is 1.22 bits per heavy atom. The lowest BCUT2D eigenvalue weighted by Gasteiger charge is -2.37. The molecule has 5 heteroatoms. The van der Waals surface area contributed by atoms with Gasteiger partial charge in [0.25, 0.3) is 0 Å². The summed E-state index contributed by atoms with van der Waals surface area (Å²) in [5, 5.41) is 13.8. The number of hydrogen-bond acceptors (Lipinski definition) is 3. The lowest BCUT2D eigenvalue weighted by atomic mass is 9.86. The van der Waals surface area contributed by atoms with Gasteiger partial charge in [-0.3, -0.25) is 4.79 Å². The molecule has 2 aliphatic rings. The van der Waals surface area contributed by atoms with Crippen molar-refractivity contribution < 1.29 is 14.3 Å². The molecule has 1 aromatic rings. The number of amides is 1.